The van der Waals surface area contributed by atoms with E-state index >= 15 is 0 Å². The fraction of sp³-hybridized carbons (Fsp3) is 0.891. The van der Waals surface area contributed by atoms with Crippen LogP contribution in [0.4, 0.5) is 0 Å². The Hall–Kier alpha value is -1.66. The molecule has 360 valence electrons. The van der Waals surface area contributed by atoms with Gasteiger partial charge in [0, 0.05) is 12.8 Å². The summed E-state index contributed by atoms with van der Waals surface area (Å²) in [6.07, 6.45) is 60.4. The van der Waals surface area contributed by atoms with E-state index in [1.807, 2.05) is 6.08 Å². The Morgan fingerprint density at radius 3 is 1.16 bits per heavy atom. The van der Waals surface area contributed by atoms with E-state index < -0.39 is 12.1 Å². The number of nitrogens with one attached hydrogen (secondary N) is 1. The van der Waals surface area contributed by atoms with Gasteiger partial charge in [0.25, 0.3) is 0 Å². The number of unbranched alkanes of at least 4 members (excludes halogenated alkanes) is 37. The summed E-state index contributed by atoms with van der Waals surface area (Å²) < 4.78 is 5.45. The highest BCUT2D eigenvalue weighted by Crippen LogP contribution is 2.16. The maximum atomic E-state index is 12.4. The SMILES string of the molecule is CCCCCCCCCCCCCCCCC/C=C/C(O)C(CO)NC(=O)CCCCCCC/C=C\CCCCCOC(=O)CCCCCCCCCCCCCCCCC. The average Bonchev–Trinajstić information content (AvgIpc) is 3.26. The number of carbonyl (C=O) groups excluding carboxylic acids is 2. The van der Waals surface area contributed by atoms with Crippen LogP contribution in [-0.2, 0) is 14.3 Å². The third-order valence-corrected chi connectivity index (χ3v) is 12.5. The second-order valence-electron chi connectivity index (χ2n) is 18.6. The number of ether oxygens (including phenoxy) is 1. The molecule has 0 heterocycles. The Labute approximate surface area is 380 Å². The van der Waals surface area contributed by atoms with E-state index in [2.05, 4.69) is 31.3 Å². The van der Waals surface area contributed by atoms with Crippen LogP contribution in [0.1, 0.15) is 290 Å². The molecule has 0 aliphatic rings. The third-order valence-electron chi connectivity index (χ3n) is 12.5. The van der Waals surface area contributed by atoms with Crippen LogP contribution in [0.3, 0.4) is 0 Å². The molecule has 0 radical (unpaired) electrons. The van der Waals surface area contributed by atoms with Crippen molar-refractivity contribution in [2.24, 2.45) is 0 Å². The van der Waals surface area contributed by atoms with E-state index in [1.54, 1.807) is 6.08 Å². The number of hydrogen-bond donors (Lipinski definition) is 3. The maximum absolute atomic E-state index is 12.4. The largest absolute Gasteiger partial charge is 0.466 e. The van der Waals surface area contributed by atoms with E-state index in [1.165, 1.54) is 186 Å². The lowest BCUT2D eigenvalue weighted by Gasteiger charge is -2.20. The summed E-state index contributed by atoms with van der Waals surface area (Å²) in [6, 6.07) is -0.646. The van der Waals surface area contributed by atoms with Crippen molar-refractivity contribution in [2.45, 2.75) is 302 Å². The number of aliphatic hydroxyl groups is 2. The van der Waals surface area contributed by atoms with Crippen LogP contribution in [-0.4, -0.2) is 47.4 Å². The first-order chi connectivity index (χ1) is 30.0. The standard InChI is InChI=1S/C55H105NO5/c1-3-5-7-9-11-13-15-17-19-20-22-23-27-31-35-39-43-47-53(58)52(51-57)56-54(59)48-44-40-36-32-28-25-26-30-34-38-42-46-50-61-55(60)49-45-41-37-33-29-24-21-18-16-14-12-10-8-6-4-2/h26,30,43,47,52-53,57-58H,3-25,27-29,31-42,44-46,48-51H2,1-2H3,(H,56,59)/b30-26-,47-43+. The van der Waals surface area contributed by atoms with Gasteiger partial charge in [0.1, 0.15) is 0 Å². The quantitative estimate of drug-likeness (QED) is 0.0322. The Morgan fingerprint density at radius 1 is 0.443 bits per heavy atom. The van der Waals surface area contributed by atoms with Crippen molar-refractivity contribution in [3.63, 3.8) is 0 Å². The van der Waals surface area contributed by atoms with E-state index in [9.17, 15) is 19.8 Å². The lowest BCUT2D eigenvalue weighted by molar-refractivity contribution is -0.143. The van der Waals surface area contributed by atoms with Crippen LogP contribution in [0.15, 0.2) is 24.3 Å². The van der Waals surface area contributed by atoms with E-state index in [4.69, 9.17) is 4.74 Å². The summed E-state index contributed by atoms with van der Waals surface area (Å²) in [6.45, 7) is 4.85. The van der Waals surface area contributed by atoms with Gasteiger partial charge in [0.05, 0.1) is 25.4 Å². The molecule has 0 fully saturated rings. The molecule has 0 aromatic heterocycles. The molecule has 2 atom stereocenters. The Kier molecular flexibility index (Phi) is 49.6. The molecule has 0 aliphatic heterocycles. The fourth-order valence-corrected chi connectivity index (χ4v) is 8.27. The number of esters is 1. The minimum atomic E-state index is -0.860. The molecule has 0 bridgehead atoms. The van der Waals surface area contributed by atoms with E-state index in [0.717, 1.165) is 77.0 Å². The predicted molar refractivity (Wildman–Crippen MR) is 264 cm³/mol. The summed E-state index contributed by atoms with van der Waals surface area (Å²) >= 11 is 0. The zero-order valence-electron chi connectivity index (χ0n) is 40.9. The Morgan fingerprint density at radius 2 is 0.770 bits per heavy atom. The molecule has 0 saturated heterocycles. The Bertz CT molecular complexity index is 951. The first-order valence-electron chi connectivity index (χ1n) is 27.1. The van der Waals surface area contributed by atoms with Crippen molar-refractivity contribution in [3.8, 4) is 0 Å². The predicted octanol–water partition coefficient (Wildman–Crippen LogP) is 16.3. The number of carbonyl (C=O) groups is 2. The van der Waals surface area contributed by atoms with Gasteiger partial charge in [-0.25, -0.2) is 0 Å². The second kappa shape index (κ2) is 51.0. The second-order valence-corrected chi connectivity index (χ2v) is 18.6. The molecular weight excluding hydrogens is 755 g/mol. The van der Waals surface area contributed by atoms with E-state index in [0.29, 0.717) is 19.4 Å². The molecule has 6 nitrogen and oxygen atoms in total. The van der Waals surface area contributed by atoms with Crippen molar-refractivity contribution >= 4 is 11.9 Å². The van der Waals surface area contributed by atoms with Crippen molar-refractivity contribution in [3.05, 3.63) is 24.3 Å². The monoisotopic (exact) mass is 860 g/mol. The lowest BCUT2D eigenvalue weighted by Crippen LogP contribution is -2.45. The van der Waals surface area contributed by atoms with Crippen LogP contribution in [0.25, 0.3) is 0 Å². The van der Waals surface area contributed by atoms with Crippen molar-refractivity contribution in [2.75, 3.05) is 13.2 Å². The van der Waals surface area contributed by atoms with Gasteiger partial charge in [-0.1, -0.05) is 237 Å². The van der Waals surface area contributed by atoms with Crippen LogP contribution in [0, 0.1) is 0 Å². The third kappa shape index (κ3) is 47.7. The number of allylic oxidation sites excluding steroid dienone is 3. The molecule has 0 aliphatic carbocycles. The first kappa shape index (κ1) is 59.3. The maximum Gasteiger partial charge on any atom is 0.305 e. The topological polar surface area (TPSA) is 95.9 Å². The zero-order chi connectivity index (χ0) is 44.4. The van der Waals surface area contributed by atoms with Crippen LogP contribution in [0.5, 0.6) is 0 Å². The fourth-order valence-electron chi connectivity index (χ4n) is 8.27. The van der Waals surface area contributed by atoms with Gasteiger partial charge in [0.2, 0.25) is 5.91 Å². The van der Waals surface area contributed by atoms with Crippen molar-refractivity contribution < 1.29 is 24.5 Å². The number of amides is 1. The smallest absolute Gasteiger partial charge is 0.305 e. The molecule has 2 unspecified atom stereocenters. The van der Waals surface area contributed by atoms with Gasteiger partial charge in [-0.2, -0.15) is 0 Å². The minimum absolute atomic E-state index is 0.0214. The van der Waals surface area contributed by atoms with Crippen LogP contribution >= 0.6 is 0 Å². The van der Waals surface area contributed by atoms with E-state index in [-0.39, 0.29) is 18.5 Å². The molecule has 0 rings (SSSR count). The molecule has 0 aromatic rings. The molecule has 6 heteroatoms. The summed E-state index contributed by atoms with van der Waals surface area (Å²) in [4.78, 5) is 24.5. The number of hydrogen-bond acceptors (Lipinski definition) is 5. The zero-order valence-corrected chi connectivity index (χ0v) is 40.9. The van der Waals surface area contributed by atoms with Gasteiger partial charge in [-0.15, -0.1) is 0 Å². The van der Waals surface area contributed by atoms with Crippen LogP contribution < -0.4 is 5.32 Å². The summed E-state index contributed by atoms with van der Waals surface area (Å²) in [5.74, 6) is -0.114. The minimum Gasteiger partial charge on any atom is -0.466 e. The van der Waals surface area contributed by atoms with Gasteiger partial charge in [-0.3, -0.25) is 9.59 Å². The Balaban J connectivity index is 3.53. The molecule has 1 amide bonds. The summed E-state index contributed by atoms with van der Waals surface area (Å²) in [5, 5.41) is 23.1. The van der Waals surface area contributed by atoms with Crippen molar-refractivity contribution in [1.29, 1.82) is 0 Å². The van der Waals surface area contributed by atoms with Gasteiger partial charge < -0.3 is 20.3 Å². The molecule has 0 spiro atoms. The molecule has 0 aromatic carbocycles. The summed E-state index contributed by atoms with van der Waals surface area (Å²) in [5.41, 5.74) is 0. The molecular formula is C55H105NO5. The highest BCUT2D eigenvalue weighted by molar-refractivity contribution is 5.76. The van der Waals surface area contributed by atoms with Gasteiger partial charge >= 0.3 is 5.97 Å². The highest BCUT2D eigenvalue weighted by atomic mass is 16.5. The summed E-state index contributed by atoms with van der Waals surface area (Å²) in [7, 11) is 0. The number of aliphatic hydroxyl groups excluding tert-OH is 2. The normalized spacial score (nSPS) is 12.8. The number of rotatable bonds is 50. The van der Waals surface area contributed by atoms with Gasteiger partial charge in [0.15, 0.2) is 0 Å². The van der Waals surface area contributed by atoms with Crippen LogP contribution in [0.2, 0.25) is 0 Å². The van der Waals surface area contributed by atoms with Gasteiger partial charge in [-0.05, 0) is 64.2 Å². The molecule has 3 N–H and O–H groups in total. The highest BCUT2D eigenvalue weighted by Gasteiger charge is 2.18. The molecule has 61 heavy (non-hydrogen) atoms. The lowest BCUT2D eigenvalue weighted by atomic mass is 10.0. The van der Waals surface area contributed by atoms with Crippen molar-refractivity contribution in [1.82, 2.24) is 5.32 Å². The average molecular weight is 860 g/mol. The molecule has 0 saturated carbocycles. The first-order valence-corrected chi connectivity index (χ1v) is 27.1.